The van der Waals surface area contributed by atoms with E-state index in [1.807, 2.05) is 6.20 Å². The number of hydrogen-bond acceptors (Lipinski definition) is 7. The second kappa shape index (κ2) is 7.28. The van der Waals surface area contributed by atoms with Crippen LogP contribution in [0.2, 0.25) is 0 Å². The number of rotatable bonds is 7. The van der Waals surface area contributed by atoms with Gasteiger partial charge in [0.1, 0.15) is 0 Å². The van der Waals surface area contributed by atoms with Crippen LogP contribution >= 0.6 is 0 Å². The Morgan fingerprint density at radius 2 is 1.90 bits per heavy atom. The van der Waals surface area contributed by atoms with Crippen LogP contribution in [-0.2, 0) is 13.1 Å². The van der Waals surface area contributed by atoms with E-state index in [0.717, 1.165) is 25.3 Å². The van der Waals surface area contributed by atoms with Crippen molar-refractivity contribution in [2.75, 3.05) is 19.7 Å². The zero-order chi connectivity index (χ0) is 15.4. The molecule has 0 aromatic carbocycles. The molecule has 0 unspecified atom stereocenters. The Kier molecular flexibility index (Phi) is 5.65. The van der Waals surface area contributed by atoms with Crippen molar-refractivity contribution in [1.29, 1.82) is 0 Å². The zero-order valence-electron chi connectivity index (χ0n) is 12.6. The quantitative estimate of drug-likeness (QED) is 0.469. The topological polar surface area (TPSA) is 107 Å². The maximum atomic E-state index is 9.96. The fourth-order valence-corrected chi connectivity index (χ4v) is 2.65. The summed E-state index contributed by atoms with van der Waals surface area (Å²) in [5, 5.41) is 40.0. The normalized spacial score (nSPS) is 29.4. The van der Waals surface area contributed by atoms with Gasteiger partial charge in [0.25, 0.3) is 0 Å². The van der Waals surface area contributed by atoms with Gasteiger partial charge in [-0.15, -0.1) is 5.10 Å². The van der Waals surface area contributed by atoms with Crippen LogP contribution in [0.5, 0.6) is 0 Å². The Bertz CT molecular complexity index is 437. The van der Waals surface area contributed by atoms with Crippen LogP contribution in [0.4, 0.5) is 0 Å². The first-order chi connectivity index (χ1) is 10.1. The van der Waals surface area contributed by atoms with Gasteiger partial charge in [0.05, 0.1) is 43.1 Å². The molecular formula is C13H25N5O3. The van der Waals surface area contributed by atoms with E-state index in [4.69, 9.17) is 5.11 Å². The van der Waals surface area contributed by atoms with Gasteiger partial charge >= 0.3 is 0 Å². The van der Waals surface area contributed by atoms with Crippen molar-refractivity contribution < 1.29 is 15.3 Å². The summed E-state index contributed by atoms with van der Waals surface area (Å²) in [7, 11) is 0. The molecule has 1 aromatic rings. The lowest BCUT2D eigenvalue weighted by atomic mass is 10.1. The van der Waals surface area contributed by atoms with Gasteiger partial charge in [-0.05, 0) is 13.1 Å². The molecule has 4 N–H and O–H groups in total. The average molecular weight is 299 g/mol. The molecule has 8 nitrogen and oxygen atoms in total. The standard InChI is InChI=1S/C13H25N5O3/c1-3-17(4-2)5-9-6-18(16-15-9)7-10-12(20)13(21)11(8-19)14-10/h6,10-14,19-21H,3-5,7-8H2,1-2H3/t10-,11-,12-,13-/m1/s1. The van der Waals surface area contributed by atoms with E-state index >= 15 is 0 Å². The highest BCUT2D eigenvalue weighted by Crippen LogP contribution is 2.15. The van der Waals surface area contributed by atoms with Gasteiger partial charge in [0.2, 0.25) is 0 Å². The lowest BCUT2D eigenvalue weighted by Gasteiger charge is -2.16. The Labute approximate surface area is 124 Å². The Balaban J connectivity index is 1.93. The first-order valence-electron chi connectivity index (χ1n) is 7.43. The van der Waals surface area contributed by atoms with Crippen molar-refractivity contribution in [3.8, 4) is 0 Å². The summed E-state index contributed by atoms with van der Waals surface area (Å²) in [6.45, 7) is 7.05. The molecule has 4 atom stereocenters. The number of nitrogens with zero attached hydrogens (tertiary/aromatic N) is 4. The molecule has 1 saturated heterocycles. The molecule has 120 valence electrons. The van der Waals surface area contributed by atoms with Crippen LogP contribution in [0, 0.1) is 0 Å². The van der Waals surface area contributed by atoms with E-state index in [0.29, 0.717) is 6.54 Å². The third-order valence-electron chi connectivity index (χ3n) is 4.05. The summed E-state index contributed by atoms with van der Waals surface area (Å²) < 4.78 is 1.66. The summed E-state index contributed by atoms with van der Waals surface area (Å²) in [4.78, 5) is 2.24. The van der Waals surface area contributed by atoms with Gasteiger partial charge in [-0.3, -0.25) is 9.58 Å². The first-order valence-corrected chi connectivity index (χ1v) is 7.43. The molecule has 0 aliphatic carbocycles. The molecular weight excluding hydrogens is 274 g/mol. The van der Waals surface area contributed by atoms with E-state index in [9.17, 15) is 10.2 Å². The van der Waals surface area contributed by atoms with Crippen LogP contribution < -0.4 is 5.32 Å². The molecule has 0 radical (unpaired) electrons. The Morgan fingerprint density at radius 3 is 2.48 bits per heavy atom. The van der Waals surface area contributed by atoms with Crippen molar-refractivity contribution in [2.24, 2.45) is 0 Å². The van der Waals surface area contributed by atoms with Crippen LogP contribution in [0.25, 0.3) is 0 Å². The lowest BCUT2D eigenvalue weighted by Crippen LogP contribution is -2.38. The van der Waals surface area contributed by atoms with E-state index < -0.39 is 18.2 Å². The van der Waals surface area contributed by atoms with E-state index in [-0.39, 0.29) is 12.6 Å². The molecule has 8 heteroatoms. The number of aliphatic hydroxyl groups excluding tert-OH is 3. The smallest absolute Gasteiger partial charge is 0.0990 e. The molecule has 1 aliphatic heterocycles. The third kappa shape index (κ3) is 3.78. The van der Waals surface area contributed by atoms with Crippen molar-refractivity contribution in [2.45, 2.75) is 51.2 Å². The molecule has 2 heterocycles. The highest BCUT2D eigenvalue weighted by Gasteiger charge is 2.40. The van der Waals surface area contributed by atoms with Crippen molar-refractivity contribution in [3.63, 3.8) is 0 Å². The molecule has 2 rings (SSSR count). The average Bonchev–Trinajstić information content (AvgIpc) is 3.04. The number of aromatic nitrogens is 3. The fraction of sp³-hybridized carbons (Fsp3) is 0.846. The maximum Gasteiger partial charge on any atom is 0.0990 e. The van der Waals surface area contributed by atoms with Crippen molar-refractivity contribution in [1.82, 2.24) is 25.2 Å². The summed E-state index contributed by atoms with van der Waals surface area (Å²) in [6, 6.07) is -0.844. The van der Waals surface area contributed by atoms with Gasteiger partial charge in [-0.1, -0.05) is 19.1 Å². The van der Waals surface area contributed by atoms with E-state index in [1.54, 1.807) is 4.68 Å². The monoisotopic (exact) mass is 299 g/mol. The Morgan fingerprint density at radius 1 is 1.24 bits per heavy atom. The predicted molar refractivity (Wildman–Crippen MR) is 76.5 cm³/mol. The first kappa shape index (κ1) is 16.3. The van der Waals surface area contributed by atoms with E-state index in [2.05, 4.69) is 34.4 Å². The number of hydrogen-bond donors (Lipinski definition) is 4. The molecule has 0 amide bonds. The zero-order valence-corrected chi connectivity index (χ0v) is 12.6. The molecule has 0 spiro atoms. The highest BCUT2D eigenvalue weighted by atomic mass is 16.3. The van der Waals surface area contributed by atoms with Gasteiger partial charge in [0.15, 0.2) is 0 Å². The van der Waals surface area contributed by atoms with Crippen LogP contribution in [0.15, 0.2) is 6.20 Å². The summed E-state index contributed by atoms with van der Waals surface area (Å²) >= 11 is 0. The van der Waals surface area contributed by atoms with Gasteiger partial charge < -0.3 is 20.6 Å². The minimum atomic E-state index is -0.960. The molecule has 1 fully saturated rings. The fourth-order valence-electron chi connectivity index (χ4n) is 2.65. The third-order valence-corrected chi connectivity index (χ3v) is 4.05. The van der Waals surface area contributed by atoms with Gasteiger partial charge in [-0.2, -0.15) is 0 Å². The molecule has 1 aliphatic rings. The lowest BCUT2D eigenvalue weighted by molar-refractivity contribution is 0.0175. The molecule has 21 heavy (non-hydrogen) atoms. The minimum absolute atomic E-state index is 0.209. The summed E-state index contributed by atoms with van der Waals surface area (Å²) in [5.74, 6) is 0. The predicted octanol–water partition coefficient (Wildman–Crippen LogP) is -1.83. The van der Waals surface area contributed by atoms with Crippen LogP contribution in [0.1, 0.15) is 19.5 Å². The summed E-state index contributed by atoms with van der Waals surface area (Å²) in [6.07, 6.45) is -0.0259. The minimum Gasteiger partial charge on any atom is -0.395 e. The largest absolute Gasteiger partial charge is 0.395 e. The number of aliphatic hydroxyl groups is 3. The second-order valence-electron chi connectivity index (χ2n) is 5.44. The van der Waals surface area contributed by atoms with Gasteiger partial charge in [0, 0.05) is 12.7 Å². The maximum absolute atomic E-state index is 9.96. The molecule has 0 saturated carbocycles. The van der Waals surface area contributed by atoms with E-state index in [1.165, 1.54) is 0 Å². The van der Waals surface area contributed by atoms with Gasteiger partial charge in [-0.25, -0.2) is 0 Å². The molecule has 1 aromatic heterocycles. The van der Waals surface area contributed by atoms with Crippen molar-refractivity contribution >= 4 is 0 Å². The highest BCUT2D eigenvalue weighted by molar-refractivity contribution is 4.99. The second-order valence-corrected chi connectivity index (χ2v) is 5.44. The summed E-state index contributed by atoms with van der Waals surface area (Å²) in [5.41, 5.74) is 0.880. The number of nitrogens with one attached hydrogen (secondary N) is 1. The van der Waals surface area contributed by atoms with Crippen LogP contribution in [-0.4, -0.2) is 79.2 Å². The SMILES string of the molecule is CCN(CC)Cc1cn(C[C@H]2N[C@H](CO)[C@@H](O)[C@@H]2O)nn1. The van der Waals surface area contributed by atoms with Crippen molar-refractivity contribution in [3.05, 3.63) is 11.9 Å². The molecule has 0 bridgehead atoms. The van der Waals surface area contributed by atoms with Crippen LogP contribution in [0.3, 0.4) is 0 Å². The Hall–Kier alpha value is -1.06.